The van der Waals surface area contributed by atoms with Gasteiger partial charge in [0.05, 0.1) is 26.9 Å². The van der Waals surface area contributed by atoms with Gasteiger partial charge in [-0.15, -0.1) is 0 Å². The van der Waals surface area contributed by atoms with Crippen molar-refractivity contribution in [3.05, 3.63) is 101 Å². The molecule has 0 fully saturated rings. The Bertz CT molecular complexity index is 1420. The smallest absolute Gasteiger partial charge is 0.337 e. The molecule has 0 aliphatic rings. The maximum absolute atomic E-state index is 11.8. The number of hydrogen-bond donors (Lipinski definition) is 1. The van der Waals surface area contributed by atoms with Gasteiger partial charge in [0.15, 0.2) is 11.5 Å². The van der Waals surface area contributed by atoms with Crippen LogP contribution in [0.4, 0.5) is 5.69 Å². The average Bonchev–Trinajstić information content (AvgIpc) is 2.95. The number of esters is 1. The largest absolute Gasteiger partial charge is 0.493 e. The molecule has 0 bridgehead atoms. The van der Waals surface area contributed by atoms with Gasteiger partial charge in [-0.1, -0.05) is 54.1 Å². The Labute approximate surface area is 221 Å². The summed E-state index contributed by atoms with van der Waals surface area (Å²) in [6.07, 6.45) is 2.03. The standard InChI is InChI=1S/C30H28ClNO5/c1-34-28-14-12-23(17-29(28)35-2)32-18-21(16-20-8-10-22(11-9-20)30(33)36-3)19-37-27-15-13-26(31)24-6-4-5-7-25(24)27/h4-17,32H,18-19H2,1-3H3. The van der Waals surface area contributed by atoms with E-state index in [0.29, 0.717) is 35.2 Å². The zero-order valence-corrected chi connectivity index (χ0v) is 21.7. The van der Waals surface area contributed by atoms with Gasteiger partial charge in [-0.25, -0.2) is 4.79 Å². The molecule has 4 rings (SSSR count). The second-order valence-corrected chi connectivity index (χ2v) is 8.63. The van der Waals surface area contributed by atoms with E-state index < -0.39 is 0 Å². The average molecular weight is 518 g/mol. The van der Waals surface area contributed by atoms with Crippen molar-refractivity contribution < 1.29 is 23.7 Å². The SMILES string of the molecule is COC(=O)c1ccc(C=C(CNc2ccc(OC)c(OC)c2)COc2ccc(Cl)c3ccccc23)cc1. The van der Waals surface area contributed by atoms with E-state index >= 15 is 0 Å². The normalized spacial score (nSPS) is 11.2. The van der Waals surface area contributed by atoms with Crippen LogP contribution in [0.15, 0.2) is 84.4 Å². The maximum Gasteiger partial charge on any atom is 0.337 e. The molecular formula is C30H28ClNO5. The molecule has 4 aromatic rings. The molecule has 0 aromatic heterocycles. The number of methoxy groups -OCH3 is 3. The summed E-state index contributed by atoms with van der Waals surface area (Å²) in [5.74, 6) is 1.68. The van der Waals surface area contributed by atoms with E-state index in [1.807, 2.05) is 72.8 Å². The summed E-state index contributed by atoms with van der Waals surface area (Å²) in [7, 11) is 4.58. The molecule has 1 N–H and O–H groups in total. The quantitative estimate of drug-likeness (QED) is 0.231. The number of carbonyl (C=O) groups is 1. The number of nitrogens with one attached hydrogen (secondary N) is 1. The lowest BCUT2D eigenvalue weighted by atomic mass is 10.1. The third kappa shape index (κ3) is 6.35. The highest BCUT2D eigenvalue weighted by molar-refractivity contribution is 6.35. The topological polar surface area (TPSA) is 66.0 Å². The van der Waals surface area contributed by atoms with Crippen LogP contribution in [0.2, 0.25) is 5.02 Å². The zero-order chi connectivity index (χ0) is 26.2. The maximum atomic E-state index is 11.8. The van der Waals surface area contributed by atoms with Gasteiger partial charge in [-0.2, -0.15) is 0 Å². The highest BCUT2D eigenvalue weighted by Gasteiger charge is 2.10. The number of fused-ring (bicyclic) bond motifs is 1. The van der Waals surface area contributed by atoms with Gasteiger partial charge in [0.2, 0.25) is 0 Å². The van der Waals surface area contributed by atoms with E-state index in [9.17, 15) is 4.79 Å². The molecule has 0 atom stereocenters. The zero-order valence-electron chi connectivity index (χ0n) is 20.9. The monoisotopic (exact) mass is 517 g/mol. The first-order valence-corrected chi connectivity index (χ1v) is 12.0. The molecular weight excluding hydrogens is 490 g/mol. The van der Waals surface area contributed by atoms with Crippen molar-refractivity contribution in [2.75, 3.05) is 39.8 Å². The van der Waals surface area contributed by atoms with E-state index in [4.69, 9.17) is 30.5 Å². The van der Waals surface area contributed by atoms with Gasteiger partial charge >= 0.3 is 5.97 Å². The number of anilines is 1. The first-order valence-electron chi connectivity index (χ1n) is 11.7. The number of ether oxygens (including phenoxy) is 4. The molecule has 0 radical (unpaired) electrons. The van der Waals surface area contributed by atoms with E-state index in [-0.39, 0.29) is 5.97 Å². The van der Waals surface area contributed by atoms with Crippen molar-refractivity contribution in [3.8, 4) is 17.2 Å². The Morgan fingerprint density at radius 1 is 0.838 bits per heavy atom. The van der Waals surface area contributed by atoms with Crippen LogP contribution in [0.25, 0.3) is 16.8 Å². The molecule has 0 saturated heterocycles. The third-order valence-corrected chi connectivity index (χ3v) is 6.18. The van der Waals surface area contributed by atoms with Crippen molar-refractivity contribution in [1.82, 2.24) is 0 Å². The van der Waals surface area contributed by atoms with E-state index in [1.54, 1.807) is 26.4 Å². The van der Waals surface area contributed by atoms with Gasteiger partial charge in [0, 0.05) is 34.1 Å². The molecule has 0 aliphatic heterocycles. The first-order chi connectivity index (χ1) is 18.0. The van der Waals surface area contributed by atoms with E-state index in [2.05, 4.69) is 5.32 Å². The molecule has 0 amide bonds. The Morgan fingerprint density at radius 2 is 1.54 bits per heavy atom. The summed E-state index contributed by atoms with van der Waals surface area (Å²) in [5, 5.41) is 6.00. The second kappa shape index (κ2) is 12.2. The summed E-state index contributed by atoms with van der Waals surface area (Å²) in [5.41, 5.74) is 3.29. The molecule has 6 nitrogen and oxygen atoms in total. The predicted octanol–water partition coefficient (Wildman–Crippen LogP) is 6.87. The molecule has 0 spiro atoms. The van der Waals surface area contributed by atoms with Crippen LogP contribution in [-0.2, 0) is 4.74 Å². The highest BCUT2D eigenvalue weighted by atomic mass is 35.5. The van der Waals surface area contributed by atoms with Crippen molar-refractivity contribution in [1.29, 1.82) is 0 Å². The van der Waals surface area contributed by atoms with Gasteiger partial charge in [0.25, 0.3) is 0 Å². The fourth-order valence-electron chi connectivity index (χ4n) is 3.91. The van der Waals surface area contributed by atoms with Crippen LogP contribution in [0, 0.1) is 0 Å². The summed E-state index contributed by atoms with van der Waals surface area (Å²) in [4.78, 5) is 11.8. The molecule has 7 heteroatoms. The summed E-state index contributed by atoms with van der Waals surface area (Å²) in [6.45, 7) is 0.852. The van der Waals surface area contributed by atoms with Crippen LogP contribution in [0.3, 0.4) is 0 Å². The predicted molar refractivity (Wildman–Crippen MR) is 148 cm³/mol. The van der Waals surface area contributed by atoms with E-state index in [1.165, 1.54) is 7.11 Å². The van der Waals surface area contributed by atoms with Crippen molar-refractivity contribution in [3.63, 3.8) is 0 Å². The number of halogens is 1. The number of rotatable bonds is 10. The fourth-order valence-corrected chi connectivity index (χ4v) is 4.13. The molecule has 37 heavy (non-hydrogen) atoms. The van der Waals surface area contributed by atoms with E-state index in [0.717, 1.165) is 33.3 Å². The van der Waals surface area contributed by atoms with Gasteiger partial charge in [-0.3, -0.25) is 0 Å². The number of benzene rings is 4. The van der Waals surface area contributed by atoms with Crippen LogP contribution >= 0.6 is 11.6 Å². The molecule has 0 saturated carbocycles. The minimum atomic E-state index is -0.371. The lowest BCUT2D eigenvalue weighted by Gasteiger charge is -2.15. The Balaban J connectivity index is 1.58. The summed E-state index contributed by atoms with van der Waals surface area (Å²) >= 11 is 6.38. The Morgan fingerprint density at radius 3 is 2.24 bits per heavy atom. The lowest BCUT2D eigenvalue weighted by molar-refractivity contribution is 0.0600. The highest BCUT2D eigenvalue weighted by Crippen LogP contribution is 2.32. The molecule has 0 unspecified atom stereocenters. The van der Waals surface area contributed by atoms with Crippen LogP contribution in [0.5, 0.6) is 17.2 Å². The van der Waals surface area contributed by atoms with Crippen LogP contribution in [0.1, 0.15) is 15.9 Å². The number of hydrogen-bond acceptors (Lipinski definition) is 6. The molecule has 4 aromatic carbocycles. The second-order valence-electron chi connectivity index (χ2n) is 8.22. The van der Waals surface area contributed by atoms with Crippen molar-refractivity contribution >= 4 is 40.1 Å². The Hall–Kier alpha value is -4.16. The van der Waals surface area contributed by atoms with Crippen LogP contribution < -0.4 is 19.5 Å². The summed E-state index contributed by atoms with van der Waals surface area (Å²) in [6, 6.07) is 24.5. The number of carbonyl (C=O) groups excluding carboxylic acids is 1. The van der Waals surface area contributed by atoms with Crippen molar-refractivity contribution in [2.45, 2.75) is 0 Å². The minimum Gasteiger partial charge on any atom is -0.493 e. The first kappa shape index (κ1) is 25.9. The van der Waals surface area contributed by atoms with Crippen molar-refractivity contribution in [2.24, 2.45) is 0 Å². The molecule has 0 aliphatic carbocycles. The van der Waals surface area contributed by atoms with Gasteiger partial charge in [-0.05, 0) is 47.5 Å². The third-order valence-electron chi connectivity index (χ3n) is 5.85. The molecule has 190 valence electrons. The lowest BCUT2D eigenvalue weighted by Crippen LogP contribution is -2.12. The Kier molecular flexibility index (Phi) is 8.54. The van der Waals surface area contributed by atoms with Crippen LogP contribution in [-0.4, -0.2) is 40.5 Å². The van der Waals surface area contributed by atoms with Gasteiger partial charge < -0.3 is 24.3 Å². The van der Waals surface area contributed by atoms with Gasteiger partial charge in [0.1, 0.15) is 12.4 Å². The summed E-state index contributed by atoms with van der Waals surface area (Å²) < 4.78 is 21.8. The molecule has 0 heterocycles. The minimum absolute atomic E-state index is 0.338. The fraction of sp³-hybridized carbons (Fsp3) is 0.167.